The highest BCUT2D eigenvalue weighted by Crippen LogP contribution is 2.47. The highest BCUT2D eigenvalue weighted by atomic mass is 19.3. The molecule has 0 fully saturated rings. The van der Waals surface area contributed by atoms with Crippen LogP contribution in [0.5, 0.6) is 0 Å². The molecule has 0 aromatic rings. The van der Waals surface area contributed by atoms with Crippen molar-refractivity contribution in [3.05, 3.63) is 12.2 Å². The molecule has 12 heteroatoms. The maximum Gasteiger partial charge on any atom is 0.411 e. The molecule has 0 aromatic carbocycles. The van der Waals surface area contributed by atoms with Gasteiger partial charge in [-0.25, -0.2) is 14.4 Å². The van der Waals surface area contributed by atoms with Crippen molar-refractivity contribution >= 4 is 17.9 Å². The summed E-state index contributed by atoms with van der Waals surface area (Å²) >= 11 is 0. The summed E-state index contributed by atoms with van der Waals surface area (Å²) in [5, 5.41) is 0. The first-order chi connectivity index (χ1) is 12.8. The lowest BCUT2D eigenvalue weighted by Gasteiger charge is -2.31. The lowest BCUT2D eigenvalue weighted by Crippen LogP contribution is -2.62. The van der Waals surface area contributed by atoms with E-state index in [4.69, 9.17) is 4.74 Å². The summed E-state index contributed by atoms with van der Waals surface area (Å²) in [6.45, 7) is 7.73. The van der Waals surface area contributed by atoms with E-state index in [0.717, 1.165) is 13.8 Å². The second-order valence-corrected chi connectivity index (χ2v) is 7.27. The zero-order chi connectivity index (χ0) is 23.4. The molecule has 0 amide bonds. The van der Waals surface area contributed by atoms with E-state index in [1.54, 1.807) is 0 Å². The Morgan fingerprint density at radius 2 is 1.28 bits per heavy atom. The van der Waals surface area contributed by atoms with Crippen molar-refractivity contribution < 1.29 is 54.9 Å². The molecule has 0 aliphatic heterocycles. The van der Waals surface area contributed by atoms with Gasteiger partial charge in [-0.3, -0.25) is 0 Å². The standard InChI is InChI=1S/C17H22F6O6/c1-9(2)11(24)27-7-14(5,6)8-28-12(25)15(18,19)17(22,23)16(20,21)13(26)29-10(3)4/h10H,1,7-8H2,2-6H3. The molecule has 0 bridgehead atoms. The topological polar surface area (TPSA) is 78.9 Å². The number of carbonyl (C=O) groups is 3. The van der Waals surface area contributed by atoms with Crippen LogP contribution < -0.4 is 0 Å². The lowest BCUT2D eigenvalue weighted by molar-refractivity contribution is -0.302. The molecule has 168 valence electrons. The molecule has 29 heavy (non-hydrogen) atoms. The molecule has 0 unspecified atom stereocenters. The number of hydrogen-bond acceptors (Lipinski definition) is 6. The third-order valence-electron chi connectivity index (χ3n) is 3.18. The Balaban J connectivity index is 5.28. The van der Waals surface area contributed by atoms with E-state index >= 15 is 0 Å². The van der Waals surface area contributed by atoms with Gasteiger partial charge in [0.25, 0.3) is 0 Å². The number of carbonyl (C=O) groups excluding carboxylic acids is 3. The van der Waals surface area contributed by atoms with Crippen LogP contribution in [-0.4, -0.2) is 55.0 Å². The Hall–Kier alpha value is -2.27. The predicted octanol–water partition coefficient (Wildman–Crippen LogP) is 3.53. The zero-order valence-electron chi connectivity index (χ0n) is 16.4. The molecule has 0 saturated carbocycles. The summed E-state index contributed by atoms with van der Waals surface area (Å²) in [5.41, 5.74) is -1.31. The van der Waals surface area contributed by atoms with Crippen LogP contribution in [0.15, 0.2) is 12.2 Å². The number of halogens is 6. The molecule has 0 heterocycles. The normalized spacial score (nSPS) is 13.1. The molecule has 0 aromatic heterocycles. The molecular weight excluding hydrogens is 414 g/mol. The SMILES string of the molecule is C=C(C)C(=O)OCC(C)(C)COC(=O)C(F)(F)C(F)(F)C(F)(F)C(=O)OC(C)C. The van der Waals surface area contributed by atoms with Crippen LogP contribution in [-0.2, 0) is 28.6 Å². The molecule has 0 aliphatic rings. The van der Waals surface area contributed by atoms with E-state index in [0.29, 0.717) is 0 Å². The molecule has 6 nitrogen and oxygen atoms in total. The van der Waals surface area contributed by atoms with Crippen LogP contribution in [0.3, 0.4) is 0 Å². The van der Waals surface area contributed by atoms with E-state index in [-0.39, 0.29) is 5.57 Å². The number of rotatable bonds is 10. The number of ether oxygens (including phenoxy) is 3. The van der Waals surface area contributed by atoms with Crippen molar-refractivity contribution in [1.82, 2.24) is 0 Å². The summed E-state index contributed by atoms with van der Waals surface area (Å²) in [6.07, 6.45) is -1.30. The maximum absolute atomic E-state index is 13.8. The van der Waals surface area contributed by atoms with Gasteiger partial charge in [0.2, 0.25) is 0 Å². The molecule has 0 spiro atoms. The Labute approximate surface area is 163 Å². The third kappa shape index (κ3) is 6.36. The summed E-state index contributed by atoms with van der Waals surface area (Å²) < 4.78 is 94.8. The average molecular weight is 436 g/mol. The molecule has 0 radical (unpaired) electrons. The zero-order valence-corrected chi connectivity index (χ0v) is 16.4. The number of alkyl halides is 6. The fourth-order valence-corrected chi connectivity index (χ4v) is 1.52. The van der Waals surface area contributed by atoms with Gasteiger partial charge >= 0.3 is 35.7 Å². The smallest absolute Gasteiger partial charge is 0.411 e. The van der Waals surface area contributed by atoms with Crippen molar-refractivity contribution in [3.8, 4) is 0 Å². The van der Waals surface area contributed by atoms with Gasteiger partial charge in [-0.05, 0) is 20.8 Å². The Kier molecular flexibility index (Phi) is 8.33. The maximum atomic E-state index is 13.8. The first-order valence-electron chi connectivity index (χ1n) is 8.14. The van der Waals surface area contributed by atoms with Gasteiger partial charge in [-0.2, -0.15) is 26.3 Å². The fourth-order valence-electron chi connectivity index (χ4n) is 1.52. The molecule has 0 saturated heterocycles. The minimum atomic E-state index is -6.43. The van der Waals surface area contributed by atoms with Crippen LogP contribution in [0.4, 0.5) is 26.3 Å². The largest absolute Gasteiger partial charge is 0.462 e. The molecule has 0 N–H and O–H groups in total. The van der Waals surface area contributed by atoms with E-state index in [9.17, 15) is 40.7 Å². The molecule has 0 rings (SSSR count). The second-order valence-electron chi connectivity index (χ2n) is 7.27. The monoisotopic (exact) mass is 436 g/mol. The van der Waals surface area contributed by atoms with Gasteiger partial charge in [0.05, 0.1) is 19.3 Å². The van der Waals surface area contributed by atoms with Crippen molar-refractivity contribution in [2.24, 2.45) is 5.41 Å². The van der Waals surface area contributed by atoms with Gasteiger partial charge in [-0.1, -0.05) is 20.4 Å². The van der Waals surface area contributed by atoms with Crippen LogP contribution in [0, 0.1) is 5.41 Å². The first kappa shape index (κ1) is 26.7. The van der Waals surface area contributed by atoms with Crippen molar-refractivity contribution in [1.29, 1.82) is 0 Å². The predicted molar refractivity (Wildman–Crippen MR) is 86.6 cm³/mol. The van der Waals surface area contributed by atoms with Crippen LogP contribution >= 0.6 is 0 Å². The summed E-state index contributed by atoms with van der Waals surface area (Å²) in [7, 11) is 0. The summed E-state index contributed by atoms with van der Waals surface area (Å²) in [5.74, 6) is -25.2. The van der Waals surface area contributed by atoms with E-state index < -0.39 is 60.4 Å². The van der Waals surface area contributed by atoms with Crippen LogP contribution in [0.1, 0.15) is 34.6 Å². The Morgan fingerprint density at radius 1 is 0.862 bits per heavy atom. The van der Waals surface area contributed by atoms with Gasteiger partial charge in [0.15, 0.2) is 0 Å². The third-order valence-corrected chi connectivity index (χ3v) is 3.18. The lowest BCUT2D eigenvalue weighted by atomic mass is 9.96. The van der Waals surface area contributed by atoms with Crippen molar-refractivity contribution in [2.75, 3.05) is 13.2 Å². The second kappa shape index (κ2) is 9.04. The molecule has 0 aliphatic carbocycles. The number of hydrogen-bond donors (Lipinski definition) is 0. The van der Waals surface area contributed by atoms with Gasteiger partial charge in [-0.15, -0.1) is 0 Å². The highest BCUT2D eigenvalue weighted by molar-refractivity contribution is 5.87. The number of esters is 3. The Morgan fingerprint density at radius 3 is 1.69 bits per heavy atom. The van der Waals surface area contributed by atoms with E-state index in [1.165, 1.54) is 20.8 Å². The van der Waals surface area contributed by atoms with Gasteiger partial charge in [0.1, 0.15) is 0 Å². The first-order valence-corrected chi connectivity index (χ1v) is 8.14. The van der Waals surface area contributed by atoms with E-state index in [1.807, 2.05) is 0 Å². The summed E-state index contributed by atoms with van der Waals surface area (Å²) in [4.78, 5) is 33.8. The van der Waals surface area contributed by atoms with Crippen LogP contribution in [0.25, 0.3) is 0 Å². The highest BCUT2D eigenvalue weighted by Gasteiger charge is 2.79. The van der Waals surface area contributed by atoms with Crippen LogP contribution in [0.2, 0.25) is 0 Å². The molecular formula is C17H22F6O6. The van der Waals surface area contributed by atoms with Crippen molar-refractivity contribution in [2.45, 2.75) is 58.5 Å². The summed E-state index contributed by atoms with van der Waals surface area (Å²) in [6, 6.07) is 0. The quantitative estimate of drug-likeness (QED) is 0.226. The van der Waals surface area contributed by atoms with E-state index in [2.05, 4.69) is 16.1 Å². The molecule has 0 atom stereocenters. The van der Waals surface area contributed by atoms with Crippen molar-refractivity contribution in [3.63, 3.8) is 0 Å². The van der Waals surface area contributed by atoms with Gasteiger partial charge < -0.3 is 14.2 Å². The average Bonchev–Trinajstić information content (AvgIpc) is 2.56. The van der Waals surface area contributed by atoms with Gasteiger partial charge in [0, 0.05) is 11.0 Å². The minimum absolute atomic E-state index is 0.0134. The minimum Gasteiger partial charge on any atom is -0.462 e. The fraction of sp³-hybridized carbons (Fsp3) is 0.706. The Bertz CT molecular complexity index is 657.